The van der Waals surface area contributed by atoms with Gasteiger partial charge in [-0.1, -0.05) is 23.2 Å². The Morgan fingerprint density at radius 1 is 1.00 bits per heavy atom. The summed E-state index contributed by atoms with van der Waals surface area (Å²) in [5, 5.41) is 1.46. The monoisotopic (exact) mass is 758 g/mol. The first-order valence-corrected chi connectivity index (χ1v) is 14.6. The minimum atomic E-state index is -0.461. The van der Waals surface area contributed by atoms with Crippen LogP contribution in [-0.2, 0) is 11.3 Å². The molecule has 1 amide bonds. The van der Waals surface area contributed by atoms with Crippen molar-refractivity contribution in [3.63, 3.8) is 0 Å². The van der Waals surface area contributed by atoms with Crippen LogP contribution in [0.25, 0.3) is 0 Å². The van der Waals surface area contributed by atoms with Crippen LogP contribution in [0, 0.1) is 21.0 Å². The number of amides is 1. The van der Waals surface area contributed by atoms with Crippen molar-refractivity contribution in [2.75, 3.05) is 13.1 Å². The van der Waals surface area contributed by atoms with Crippen molar-refractivity contribution in [1.29, 1.82) is 0 Å². The summed E-state index contributed by atoms with van der Waals surface area (Å²) in [6, 6.07) is 8.12. The summed E-state index contributed by atoms with van der Waals surface area (Å²) in [7, 11) is 0. The highest BCUT2D eigenvalue weighted by molar-refractivity contribution is 14.1. The van der Waals surface area contributed by atoms with E-state index in [-0.39, 0.29) is 18.2 Å². The first-order valence-electron chi connectivity index (χ1n) is 11.7. The zero-order valence-corrected chi connectivity index (χ0v) is 27.6. The number of benzene rings is 2. The Labute approximate surface area is 252 Å². The highest BCUT2D eigenvalue weighted by Gasteiger charge is 2.34. The molecule has 1 aliphatic rings. The summed E-state index contributed by atoms with van der Waals surface area (Å²) < 4.78 is 7.63. The van der Waals surface area contributed by atoms with Crippen LogP contribution < -0.4 is 0 Å². The highest BCUT2D eigenvalue weighted by atomic mass is 127. The molecule has 1 heterocycles. The summed E-state index contributed by atoms with van der Waals surface area (Å²) in [5.41, 5.74) is 3.73. The maximum Gasteiger partial charge on any atom is 0.410 e. The Morgan fingerprint density at radius 3 is 1.94 bits per heavy atom. The molecule has 0 spiro atoms. The summed E-state index contributed by atoms with van der Waals surface area (Å²) >= 11 is 16.4. The van der Waals surface area contributed by atoms with Gasteiger partial charge in [0.25, 0.3) is 0 Å². The maximum absolute atomic E-state index is 12.4. The lowest BCUT2D eigenvalue weighted by molar-refractivity contribution is -0.00977. The number of piperazine rings is 1. The second-order valence-electron chi connectivity index (χ2n) is 10.2. The zero-order valence-electron chi connectivity index (χ0n) is 21.8. The summed E-state index contributed by atoms with van der Waals surface area (Å²) in [6.07, 6.45) is 0.635. The van der Waals surface area contributed by atoms with E-state index in [2.05, 4.69) is 70.9 Å². The minimum Gasteiger partial charge on any atom is -0.444 e. The number of aryl methyl sites for hydroxylation is 2. The fourth-order valence-electron chi connectivity index (χ4n) is 4.12. The molecular formula is C27H34Cl2I2N2O3. The van der Waals surface area contributed by atoms with Gasteiger partial charge in [0.2, 0.25) is 0 Å². The molecule has 0 aromatic heterocycles. The molecule has 1 fully saturated rings. The van der Waals surface area contributed by atoms with Crippen molar-refractivity contribution >= 4 is 80.8 Å². The molecule has 2 aromatic rings. The van der Waals surface area contributed by atoms with Crippen LogP contribution in [-0.4, -0.2) is 53.0 Å². The van der Waals surface area contributed by atoms with Crippen molar-refractivity contribution in [2.45, 2.75) is 72.7 Å². The highest BCUT2D eigenvalue weighted by Crippen LogP contribution is 2.27. The number of hydrogen-bond acceptors (Lipinski definition) is 4. The fraction of sp³-hybridized carbons (Fsp3) is 0.481. The van der Waals surface area contributed by atoms with Crippen molar-refractivity contribution in [3.8, 4) is 0 Å². The van der Waals surface area contributed by atoms with Crippen LogP contribution in [0.5, 0.6) is 0 Å². The molecule has 2 atom stereocenters. The molecule has 3 rings (SSSR count). The molecule has 1 saturated heterocycles. The Kier molecular flexibility index (Phi) is 11.8. The van der Waals surface area contributed by atoms with Gasteiger partial charge >= 0.3 is 6.09 Å². The van der Waals surface area contributed by atoms with Crippen molar-refractivity contribution < 1.29 is 14.3 Å². The van der Waals surface area contributed by atoms with Crippen molar-refractivity contribution in [2.24, 2.45) is 0 Å². The molecule has 36 heavy (non-hydrogen) atoms. The zero-order chi connectivity index (χ0) is 27.4. The van der Waals surface area contributed by atoms with Gasteiger partial charge in [-0.25, -0.2) is 4.79 Å². The van der Waals surface area contributed by atoms with Crippen LogP contribution in [0.4, 0.5) is 4.79 Å². The van der Waals surface area contributed by atoms with E-state index in [0.717, 1.165) is 32.6 Å². The Morgan fingerprint density at radius 2 is 1.50 bits per heavy atom. The Hall–Kier alpha value is -0.620. The molecule has 0 bridgehead atoms. The average Bonchev–Trinajstić information content (AvgIpc) is 2.70. The third kappa shape index (κ3) is 8.99. The first kappa shape index (κ1) is 31.6. The van der Waals surface area contributed by atoms with Crippen molar-refractivity contribution in [1.82, 2.24) is 9.80 Å². The molecule has 1 aliphatic heterocycles. The van der Waals surface area contributed by atoms with Crippen LogP contribution in [0.1, 0.15) is 61.7 Å². The average molecular weight is 759 g/mol. The molecule has 198 valence electrons. The van der Waals surface area contributed by atoms with Gasteiger partial charge in [-0.3, -0.25) is 9.69 Å². The lowest BCUT2D eigenvalue weighted by Crippen LogP contribution is -2.58. The molecule has 0 aliphatic carbocycles. The standard InChI is InChI=1S/C19H28ClIN2O2.C8H6ClIO/c1-12-7-15(20)8-17(21)16(12)11-23-13(2)9-22(10-14(23)3)18(24)25-19(4,5)6;1-5-2-6(9)3-8(10)7(5)4-11/h7-8,13-14H,9-11H2,1-6H3;2-4H,1H3/t13-,14-;/m0./s1. The lowest BCUT2D eigenvalue weighted by atomic mass is 10.0. The fourth-order valence-corrected chi connectivity index (χ4v) is 6.85. The molecule has 0 radical (unpaired) electrons. The molecule has 9 heteroatoms. The number of rotatable bonds is 3. The number of nitrogens with zero attached hydrogens (tertiary/aromatic N) is 2. The first-order chi connectivity index (χ1) is 16.6. The topological polar surface area (TPSA) is 49.9 Å². The van der Waals surface area contributed by atoms with Crippen LogP contribution in [0.2, 0.25) is 10.0 Å². The van der Waals surface area contributed by atoms with Crippen LogP contribution in [0.3, 0.4) is 0 Å². The quantitative estimate of drug-likeness (QED) is 0.234. The second kappa shape index (κ2) is 13.4. The van der Waals surface area contributed by atoms with Gasteiger partial charge in [0.1, 0.15) is 5.60 Å². The van der Waals surface area contributed by atoms with E-state index in [1.165, 1.54) is 14.7 Å². The van der Waals surface area contributed by atoms with Gasteiger partial charge in [-0.15, -0.1) is 0 Å². The number of halogens is 4. The summed E-state index contributed by atoms with van der Waals surface area (Å²) in [4.78, 5) is 27.2. The smallest absolute Gasteiger partial charge is 0.410 e. The van der Waals surface area contributed by atoms with E-state index in [1.54, 1.807) is 12.1 Å². The summed E-state index contributed by atoms with van der Waals surface area (Å²) in [5.74, 6) is 0. The predicted molar refractivity (Wildman–Crippen MR) is 165 cm³/mol. The third-order valence-electron chi connectivity index (χ3n) is 5.90. The number of carbonyl (C=O) groups is 2. The molecule has 0 saturated carbocycles. The maximum atomic E-state index is 12.4. The SMILES string of the molecule is Cc1cc(Cl)cc(I)c1C=O.Cc1cc(Cl)cc(I)c1CN1[C@@H](C)CN(C(=O)OC(C)(C)C)C[C@@H]1C. The van der Waals surface area contributed by atoms with E-state index < -0.39 is 5.60 Å². The Balaban J connectivity index is 0.000000346. The second-order valence-corrected chi connectivity index (χ2v) is 13.4. The van der Waals surface area contributed by atoms with E-state index in [0.29, 0.717) is 18.1 Å². The van der Waals surface area contributed by atoms with E-state index in [9.17, 15) is 9.59 Å². The number of hydrogen-bond donors (Lipinski definition) is 0. The van der Waals surface area contributed by atoms with Crippen LogP contribution in [0.15, 0.2) is 24.3 Å². The molecule has 5 nitrogen and oxygen atoms in total. The van der Waals surface area contributed by atoms with Gasteiger partial charge in [0.05, 0.1) is 0 Å². The van der Waals surface area contributed by atoms with Gasteiger partial charge in [-0.05, 0) is 135 Å². The van der Waals surface area contributed by atoms with Crippen LogP contribution >= 0.6 is 68.4 Å². The van der Waals surface area contributed by atoms with E-state index in [1.807, 2.05) is 44.7 Å². The largest absolute Gasteiger partial charge is 0.444 e. The summed E-state index contributed by atoms with van der Waals surface area (Å²) in [6.45, 7) is 16.3. The van der Waals surface area contributed by atoms with Gasteiger partial charge in [-0.2, -0.15) is 0 Å². The molecular weight excluding hydrogens is 725 g/mol. The third-order valence-corrected chi connectivity index (χ3v) is 8.19. The van der Waals surface area contributed by atoms with Gasteiger partial charge < -0.3 is 9.64 Å². The molecule has 2 aromatic carbocycles. The number of aldehydes is 1. The Bertz CT molecular complexity index is 1050. The minimum absolute atomic E-state index is 0.219. The molecule has 0 unspecified atom stereocenters. The normalized spacial score (nSPS) is 18.4. The van der Waals surface area contributed by atoms with E-state index >= 15 is 0 Å². The van der Waals surface area contributed by atoms with E-state index in [4.69, 9.17) is 27.9 Å². The van der Waals surface area contributed by atoms with Gasteiger partial charge in [0, 0.05) is 54.5 Å². The number of carbonyl (C=O) groups excluding carboxylic acids is 2. The molecule has 0 N–H and O–H groups in total. The van der Waals surface area contributed by atoms with Crippen molar-refractivity contribution in [3.05, 3.63) is 63.7 Å². The van der Waals surface area contributed by atoms with Gasteiger partial charge in [0.15, 0.2) is 6.29 Å². The predicted octanol–water partition coefficient (Wildman–Crippen LogP) is 8.15. The number of ether oxygens (including phenoxy) is 1. The lowest BCUT2D eigenvalue weighted by Gasteiger charge is -2.44.